The summed E-state index contributed by atoms with van der Waals surface area (Å²) in [4.78, 5) is 37.1. The van der Waals surface area contributed by atoms with Crippen LogP contribution >= 0.6 is 0 Å². The fourth-order valence-corrected chi connectivity index (χ4v) is 3.29. The molecule has 1 N–H and O–H groups in total. The number of amides is 2. The monoisotopic (exact) mass is 393 g/mol. The van der Waals surface area contributed by atoms with Crippen LogP contribution < -0.4 is 5.32 Å². The van der Waals surface area contributed by atoms with Gasteiger partial charge < -0.3 is 10.2 Å². The number of anilines is 1. The fourth-order valence-electron chi connectivity index (χ4n) is 3.29. The number of rotatable bonds is 5. The zero-order chi connectivity index (χ0) is 20.8. The molecule has 3 rings (SSSR count). The van der Waals surface area contributed by atoms with E-state index < -0.39 is 4.92 Å². The van der Waals surface area contributed by atoms with Gasteiger partial charge in [0, 0.05) is 37.2 Å². The molecule has 0 radical (unpaired) electrons. The van der Waals surface area contributed by atoms with Crippen LogP contribution in [-0.4, -0.2) is 34.7 Å². The summed E-state index contributed by atoms with van der Waals surface area (Å²) >= 11 is 0. The highest BCUT2D eigenvalue weighted by molar-refractivity contribution is 5.94. The number of nitrogens with one attached hydrogen (secondary N) is 1. The van der Waals surface area contributed by atoms with E-state index in [1.165, 1.54) is 12.1 Å². The van der Waals surface area contributed by atoms with Gasteiger partial charge in [-0.25, -0.2) is 0 Å². The number of benzene rings is 2. The topological polar surface area (TPSA) is 92.6 Å². The van der Waals surface area contributed by atoms with Gasteiger partial charge in [-0.2, -0.15) is 0 Å². The van der Waals surface area contributed by atoms with Crippen molar-refractivity contribution in [1.29, 1.82) is 0 Å². The minimum absolute atomic E-state index is 0.0588. The Morgan fingerprint density at radius 1 is 1.14 bits per heavy atom. The predicted octanol–water partition coefficient (Wildman–Crippen LogP) is 3.79. The fraction of sp³-hybridized carbons (Fsp3) is 0.273. The largest absolute Gasteiger partial charge is 0.339 e. The third-order valence-corrected chi connectivity index (χ3v) is 5.09. The number of non-ortho nitro benzene ring substituents is 1. The number of aryl methyl sites for hydroxylation is 1. The van der Waals surface area contributed by atoms with Gasteiger partial charge in [0.2, 0.25) is 11.8 Å². The van der Waals surface area contributed by atoms with Crippen molar-refractivity contribution in [2.45, 2.75) is 19.8 Å². The van der Waals surface area contributed by atoms with E-state index in [9.17, 15) is 19.7 Å². The highest BCUT2D eigenvalue weighted by Gasteiger charge is 2.27. The average Bonchev–Trinajstić information content (AvgIpc) is 2.74. The van der Waals surface area contributed by atoms with Gasteiger partial charge in [-0.05, 0) is 37.0 Å². The van der Waals surface area contributed by atoms with E-state index in [1.807, 2.05) is 30.3 Å². The molecule has 0 aromatic heterocycles. The minimum atomic E-state index is -0.484. The van der Waals surface area contributed by atoms with Crippen LogP contribution in [0.3, 0.4) is 0 Å². The van der Waals surface area contributed by atoms with E-state index in [-0.39, 0.29) is 23.4 Å². The molecule has 2 aromatic rings. The molecule has 1 heterocycles. The number of carbonyl (C=O) groups excluding carboxylic acids is 2. The Kier molecular flexibility index (Phi) is 6.39. The maximum absolute atomic E-state index is 12.6. The molecule has 150 valence electrons. The van der Waals surface area contributed by atoms with Crippen molar-refractivity contribution in [2.75, 3.05) is 18.4 Å². The number of hydrogen-bond donors (Lipinski definition) is 1. The van der Waals surface area contributed by atoms with Crippen molar-refractivity contribution in [3.8, 4) is 0 Å². The van der Waals surface area contributed by atoms with E-state index >= 15 is 0 Å². The first-order chi connectivity index (χ1) is 13.9. The summed E-state index contributed by atoms with van der Waals surface area (Å²) in [6.07, 6.45) is 4.46. The third kappa shape index (κ3) is 5.28. The van der Waals surface area contributed by atoms with Gasteiger partial charge in [0.25, 0.3) is 5.69 Å². The quantitative estimate of drug-likeness (QED) is 0.475. The summed E-state index contributed by atoms with van der Waals surface area (Å²) in [6, 6.07) is 14.0. The van der Waals surface area contributed by atoms with Crippen molar-refractivity contribution >= 4 is 29.3 Å². The van der Waals surface area contributed by atoms with Gasteiger partial charge in [-0.1, -0.05) is 36.4 Å². The number of nitro benzene ring substituents is 1. The normalized spacial score (nSPS) is 14.7. The van der Waals surface area contributed by atoms with Gasteiger partial charge in [0.15, 0.2) is 0 Å². The lowest BCUT2D eigenvalue weighted by Crippen LogP contribution is -2.40. The number of nitro groups is 1. The SMILES string of the molecule is Cc1ccc([N+](=O)[O-])cc1NC(=O)C1CCN(C(=O)/C=C/c2ccccc2)CC1. The summed E-state index contributed by atoms with van der Waals surface area (Å²) < 4.78 is 0. The maximum atomic E-state index is 12.6. The first-order valence-electron chi connectivity index (χ1n) is 9.52. The van der Waals surface area contributed by atoms with Gasteiger partial charge >= 0.3 is 0 Å². The number of piperidine rings is 1. The molecule has 0 unspecified atom stereocenters. The summed E-state index contributed by atoms with van der Waals surface area (Å²) in [5, 5.41) is 13.8. The van der Waals surface area contributed by atoms with Crippen molar-refractivity contribution in [2.24, 2.45) is 5.92 Å². The second kappa shape index (κ2) is 9.14. The Bertz CT molecular complexity index is 932. The van der Waals surface area contributed by atoms with Gasteiger partial charge in [-0.3, -0.25) is 19.7 Å². The molecule has 1 aliphatic heterocycles. The number of likely N-dealkylation sites (tertiary alicyclic amines) is 1. The Morgan fingerprint density at radius 2 is 1.83 bits per heavy atom. The molecule has 0 saturated carbocycles. The van der Waals surface area contributed by atoms with Crippen LogP contribution in [0, 0.1) is 23.0 Å². The molecule has 1 aliphatic rings. The van der Waals surface area contributed by atoms with Gasteiger partial charge in [-0.15, -0.1) is 0 Å². The molecule has 0 spiro atoms. The van der Waals surface area contributed by atoms with Crippen molar-refractivity contribution in [3.63, 3.8) is 0 Å². The van der Waals surface area contributed by atoms with Crippen LogP contribution in [0.15, 0.2) is 54.6 Å². The Morgan fingerprint density at radius 3 is 2.48 bits per heavy atom. The Labute approximate surface area is 169 Å². The lowest BCUT2D eigenvalue weighted by molar-refractivity contribution is -0.384. The minimum Gasteiger partial charge on any atom is -0.339 e. The summed E-state index contributed by atoms with van der Waals surface area (Å²) in [6.45, 7) is 2.80. The van der Waals surface area contributed by atoms with Gasteiger partial charge in [0.05, 0.1) is 10.6 Å². The van der Waals surface area contributed by atoms with Crippen molar-refractivity contribution in [1.82, 2.24) is 4.90 Å². The summed E-state index contributed by atoms with van der Waals surface area (Å²) in [5.41, 5.74) is 2.12. The van der Waals surface area contributed by atoms with Crippen LogP contribution in [0.5, 0.6) is 0 Å². The molecular weight excluding hydrogens is 370 g/mol. The zero-order valence-corrected chi connectivity index (χ0v) is 16.2. The average molecular weight is 393 g/mol. The van der Waals surface area contributed by atoms with E-state index in [4.69, 9.17) is 0 Å². The molecular formula is C22H23N3O4. The lowest BCUT2D eigenvalue weighted by atomic mass is 9.95. The molecule has 1 fully saturated rings. The Balaban J connectivity index is 1.54. The second-order valence-electron chi connectivity index (χ2n) is 7.09. The molecule has 0 aliphatic carbocycles. The van der Waals surface area contributed by atoms with E-state index in [1.54, 1.807) is 30.0 Å². The maximum Gasteiger partial charge on any atom is 0.271 e. The standard InChI is InChI=1S/C22H23N3O4/c1-16-7-9-19(25(28)29)15-20(16)23-22(27)18-11-13-24(14-12-18)21(26)10-8-17-5-3-2-4-6-17/h2-10,15,18H,11-14H2,1H3,(H,23,27)/b10-8+. The number of carbonyl (C=O) groups is 2. The highest BCUT2D eigenvalue weighted by atomic mass is 16.6. The molecule has 7 heteroatoms. The molecule has 7 nitrogen and oxygen atoms in total. The first kappa shape index (κ1) is 20.3. The number of nitrogens with zero attached hydrogens (tertiary/aromatic N) is 2. The predicted molar refractivity (Wildman–Crippen MR) is 111 cm³/mol. The molecule has 2 aromatic carbocycles. The second-order valence-corrected chi connectivity index (χ2v) is 7.09. The van der Waals surface area contributed by atoms with E-state index in [0.29, 0.717) is 31.6 Å². The van der Waals surface area contributed by atoms with E-state index in [0.717, 1.165) is 11.1 Å². The number of hydrogen-bond acceptors (Lipinski definition) is 4. The zero-order valence-electron chi connectivity index (χ0n) is 16.2. The molecule has 1 saturated heterocycles. The van der Waals surface area contributed by atoms with Crippen molar-refractivity contribution in [3.05, 3.63) is 75.8 Å². The van der Waals surface area contributed by atoms with Crippen LogP contribution in [0.2, 0.25) is 0 Å². The van der Waals surface area contributed by atoms with Crippen LogP contribution in [0.1, 0.15) is 24.0 Å². The van der Waals surface area contributed by atoms with Gasteiger partial charge in [0.1, 0.15) is 0 Å². The Hall–Kier alpha value is -3.48. The molecule has 0 bridgehead atoms. The molecule has 0 atom stereocenters. The smallest absolute Gasteiger partial charge is 0.271 e. The summed E-state index contributed by atoms with van der Waals surface area (Å²) in [7, 11) is 0. The van der Waals surface area contributed by atoms with Crippen LogP contribution in [0.25, 0.3) is 6.08 Å². The first-order valence-corrected chi connectivity index (χ1v) is 9.52. The van der Waals surface area contributed by atoms with Crippen molar-refractivity contribution < 1.29 is 14.5 Å². The molecule has 29 heavy (non-hydrogen) atoms. The van der Waals surface area contributed by atoms with Crippen LogP contribution in [0.4, 0.5) is 11.4 Å². The van der Waals surface area contributed by atoms with Crippen LogP contribution in [-0.2, 0) is 9.59 Å². The lowest BCUT2D eigenvalue weighted by Gasteiger charge is -2.30. The highest BCUT2D eigenvalue weighted by Crippen LogP contribution is 2.24. The third-order valence-electron chi connectivity index (χ3n) is 5.09. The summed E-state index contributed by atoms with van der Waals surface area (Å²) in [5.74, 6) is -0.460. The molecule has 2 amide bonds. The van der Waals surface area contributed by atoms with E-state index in [2.05, 4.69) is 5.32 Å².